The van der Waals surface area contributed by atoms with Crippen LogP contribution in [0.3, 0.4) is 0 Å². The zero-order valence-electron chi connectivity index (χ0n) is 22.8. The molecule has 1 aromatic heterocycles. The summed E-state index contributed by atoms with van der Waals surface area (Å²) in [6.45, 7) is 0. The number of hydrogen-bond acceptors (Lipinski definition) is 3. The summed E-state index contributed by atoms with van der Waals surface area (Å²) in [6, 6.07) is 18.7. The Hall–Kier alpha value is -4.76. The summed E-state index contributed by atoms with van der Waals surface area (Å²) in [5, 5.41) is 0. The van der Waals surface area contributed by atoms with Crippen LogP contribution in [-0.4, -0.2) is 9.97 Å². The maximum absolute atomic E-state index is 6.41. The Kier molecular flexibility index (Phi) is 5.88. The van der Waals surface area contributed by atoms with Crippen LogP contribution in [-0.2, 0) is 0 Å². The number of aromatic nitrogens is 2. The quantitative estimate of drug-likeness (QED) is 0.338. The van der Waals surface area contributed by atoms with Gasteiger partial charge in [0.05, 0.1) is 11.6 Å². The van der Waals surface area contributed by atoms with E-state index >= 15 is 0 Å². The van der Waals surface area contributed by atoms with Crippen molar-refractivity contribution in [3.63, 3.8) is 0 Å². The molecule has 0 radical (unpaired) electrons. The van der Waals surface area contributed by atoms with E-state index in [1.54, 1.807) is 0 Å². The van der Waals surface area contributed by atoms with Gasteiger partial charge in [0.15, 0.2) is 5.82 Å². The first-order chi connectivity index (χ1) is 20.3. The van der Waals surface area contributed by atoms with Gasteiger partial charge < -0.3 is 4.74 Å². The van der Waals surface area contributed by atoms with E-state index in [1.165, 1.54) is 27.9 Å². The van der Waals surface area contributed by atoms with Gasteiger partial charge in [-0.15, -0.1) is 0 Å². The Morgan fingerprint density at radius 3 is 2.61 bits per heavy atom. The summed E-state index contributed by atoms with van der Waals surface area (Å²) in [7, 11) is 0. The van der Waals surface area contributed by atoms with E-state index in [0.717, 1.165) is 53.4 Å². The predicted molar refractivity (Wildman–Crippen MR) is 166 cm³/mol. The van der Waals surface area contributed by atoms with Crippen LogP contribution in [0.25, 0.3) is 22.5 Å². The fourth-order valence-electron chi connectivity index (χ4n) is 6.81. The highest BCUT2D eigenvalue weighted by molar-refractivity contribution is 5.82. The molecule has 5 aliphatic rings. The lowest BCUT2D eigenvalue weighted by Crippen LogP contribution is -2.29. The summed E-state index contributed by atoms with van der Waals surface area (Å²) in [5.74, 6) is 3.49. The highest BCUT2D eigenvalue weighted by Crippen LogP contribution is 2.52. The lowest BCUT2D eigenvalue weighted by atomic mass is 9.68. The molecule has 0 fully saturated rings. The first kappa shape index (κ1) is 24.1. The van der Waals surface area contributed by atoms with Gasteiger partial charge in [0.2, 0.25) is 0 Å². The number of rotatable bonds is 4. The van der Waals surface area contributed by atoms with Crippen LogP contribution >= 0.6 is 0 Å². The van der Waals surface area contributed by atoms with Gasteiger partial charge in [-0.05, 0) is 53.7 Å². The number of nitrogens with zero attached hydrogens (tertiary/aromatic N) is 2. The van der Waals surface area contributed by atoms with Crippen molar-refractivity contribution < 1.29 is 4.74 Å². The topological polar surface area (TPSA) is 35.0 Å². The standard InChI is InChI=1S/C38H30N2O/c1-3-11-25(12-4-1)37-33(24-39-38(40-37)26-13-5-2-6-14-26)28-16-9-15-27(23-28)29-21-22-35-36-31(29)18-10-19-32(36)30-17-7-8-20-34(30)41-35/h1-8,10-11,13-14,16-25,31,36H,9,12,15H2. The molecule has 0 amide bonds. The SMILES string of the molecule is C1=CCC(c2nc(-c3ccccc3)ncc2C2=CCCC(C3=CC=C4Oc5ccccc5C5=CC=CC3C45)=C2)C=C1. The summed E-state index contributed by atoms with van der Waals surface area (Å²) in [4.78, 5) is 10.0. The second kappa shape index (κ2) is 10.0. The lowest BCUT2D eigenvalue weighted by molar-refractivity contribution is 0.336. The second-order valence-corrected chi connectivity index (χ2v) is 11.2. The summed E-state index contributed by atoms with van der Waals surface area (Å²) in [6.07, 6.45) is 29.9. The fraction of sp³-hybridized carbons (Fsp3) is 0.158. The number of benzene rings is 2. The predicted octanol–water partition coefficient (Wildman–Crippen LogP) is 8.95. The Bertz CT molecular complexity index is 1790. The molecule has 0 spiro atoms. The summed E-state index contributed by atoms with van der Waals surface area (Å²) >= 11 is 0. The van der Waals surface area contributed by atoms with Crippen molar-refractivity contribution in [3.8, 4) is 17.1 Å². The van der Waals surface area contributed by atoms with Crippen LogP contribution in [0.15, 0.2) is 145 Å². The monoisotopic (exact) mass is 530 g/mol. The molecule has 3 unspecified atom stereocenters. The van der Waals surface area contributed by atoms with E-state index in [-0.39, 0.29) is 17.8 Å². The van der Waals surface area contributed by atoms with Gasteiger partial charge in [-0.2, -0.15) is 0 Å². The molecule has 0 saturated heterocycles. The Morgan fingerprint density at radius 2 is 1.71 bits per heavy atom. The van der Waals surface area contributed by atoms with Crippen LogP contribution in [0.4, 0.5) is 0 Å². The van der Waals surface area contributed by atoms with Crippen LogP contribution in [0.2, 0.25) is 0 Å². The van der Waals surface area contributed by atoms with Crippen LogP contribution in [0.5, 0.6) is 5.75 Å². The highest BCUT2D eigenvalue weighted by atomic mass is 16.5. The number of allylic oxidation sites excluding steroid dienone is 15. The minimum absolute atomic E-state index is 0.216. The molecule has 0 saturated carbocycles. The third-order valence-corrected chi connectivity index (χ3v) is 8.78. The van der Waals surface area contributed by atoms with Gasteiger partial charge >= 0.3 is 0 Å². The third kappa shape index (κ3) is 4.20. The van der Waals surface area contributed by atoms with Crippen LogP contribution in [0.1, 0.15) is 42.0 Å². The van der Waals surface area contributed by atoms with Crippen molar-refractivity contribution in [1.82, 2.24) is 9.97 Å². The number of fused-ring (bicyclic) bond motifs is 2. The molecule has 198 valence electrons. The lowest BCUT2D eigenvalue weighted by Gasteiger charge is -2.40. The van der Waals surface area contributed by atoms with Gasteiger partial charge in [0.25, 0.3) is 0 Å². The van der Waals surface area contributed by atoms with Crippen molar-refractivity contribution >= 4 is 11.1 Å². The number of ether oxygens (including phenoxy) is 1. The van der Waals surface area contributed by atoms with Gasteiger partial charge in [0.1, 0.15) is 11.5 Å². The first-order valence-electron chi connectivity index (χ1n) is 14.6. The van der Waals surface area contributed by atoms with Gasteiger partial charge in [-0.1, -0.05) is 109 Å². The van der Waals surface area contributed by atoms with Crippen molar-refractivity contribution in [2.75, 3.05) is 0 Å². The minimum atomic E-state index is 0.216. The first-order valence-corrected chi connectivity index (χ1v) is 14.6. The number of hydrogen-bond donors (Lipinski definition) is 0. The highest BCUT2D eigenvalue weighted by Gasteiger charge is 2.40. The molecule has 3 atom stereocenters. The molecule has 3 nitrogen and oxygen atoms in total. The summed E-state index contributed by atoms with van der Waals surface area (Å²) < 4.78 is 6.41. The summed E-state index contributed by atoms with van der Waals surface area (Å²) in [5.41, 5.74) is 9.84. The van der Waals surface area contributed by atoms with Crippen LogP contribution in [0, 0.1) is 11.8 Å². The molecule has 0 bridgehead atoms. The molecule has 0 N–H and O–H groups in total. The molecule has 4 aliphatic carbocycles. The molecular weight excluding hydrogens is 500 g/mol. The van der Waals surface area contributed by atoms with Gasteiger partial charge in [0, 0.05) is 34.7 Å². The van der Waals surface area contributed by atoms with Gasteiger partial charge in [-0.25, -0.2) is 9.97 Å². The molecule has 3 aromatic rings. The molecule has 2 heterocycles. The minimum Gasteiger partial charge on any atom is -0.460 e. The maximum atomic E-state index is 6.41. The second-order valence-electron chi connectivity index (χ2n) is 11.2. The molecule has 2 aromatic carbocycles. The van der Waals surface area contributed by atoms with E-state index in [4.69, 9.17) is 14.7 Å². The molecular formula is C38H30N2O. The maximum Gasteiger partial charge on any atom is 0.159 e. The zero-order chi connectivity index (χ0) is 27.2. The largest absolute Gasteiger partial charge is 0.460 e. The molecule has 8 rings (SSSR count). The van der Waals surface area contributed by atoms with Crippen molar-refractivity contribution in [1.29, 1.82) is 0 Å². The fourth-order valence-corrected chi connectivity index (χ4v) is 6.81. The third-order valence-electron chi connectivity index (χ3n) is 8.78. The van der Waals surface area contributed by atoms with Crippen LogP contribution < -0.4 is 4.74 Å². The molecule has 1 aliphatic heterocycles. The Morgan fingerprint density at radius 1 is 0.805 bits per heavy atom. The van der Waals surface area contributed by atoms with E-state index < -0.39 is 0 Å². The Balaban J connectivity index is 1.18. The van der Waals surface area contributed by atoms with Crippen molar-refractivity contribution in [3.05, 3.63) is 161 Å². The smallest absolute Gasteiger partial charge is 0.159 e. The average molecular weight is 531 g/mol. The zero-order valence-corrected chi connectivity index (χ0v) is 22.8. The van der Waals surface area contributed by atoms with E-state index in [0.29, 0.717) is 0 Å². The molecule has 41 heavy (non-hydrogen) atoms. The van der Waals surface area contributed by atoms with Crippen molar-refractivity contribution in [2.45, 2.75) is 25.2 Å². The van der Waals surface area contributed by atoms with Crippen molar-refractivity contribution in [2.24, 2.45) is 11.8 Å². The number of para-hydroxylation sites is 1. The van der Waals surface area contributed by atoms with E-state index in [9.17, 15) is 0 Å². The normalized spacial score (nSPS) is 23.7. The molecule has 3 heteroatoms. The Labute approximate surface area is 241 Å². The average Bonchev–Trinajstić information content (AvgIpc) is 3.06. The van der Waals surface area contributed by atoms with E-state index in [2.05, 4.69) is 97.2 Å². The van der Waals surface area contributed by atoms with E-state index in [1.807, 2.05) is 30.5 Å². The van der Waals surface area contributed by atoms with Gasteiger partial charge in [-0.3, -0.25) is 0 Å².